The third-order valence-corrected chi connectivity index (χ3v) is 6.45. The molecule has 0 aliphatic heterocycles. The van der Waals surface area contributed by atoms with E-state index in [1.165, 1.54) is 18.2 Å². The number of carbonyl (C=O) groups is 2. The molecule has 1 saturated carbocycles. The van der Waals surface area contributed by atoms with Gasteiger partial charge in [0.05, 0.1) is 29.9 Å². The van der Waals surface area contributed by atoms with Gasteiger partial charge in [-0.2, -0.15) is 9.78 Å². The molecule has 35 heavy (non-hydrogen) atoms. The van der Waals surface area contributed by atoms with Crippen LogP contribution in [0.5, 0.6) is 0 Å². The minimum Gasteiger partial charge on any atom is -0.467 e. The van der Waals surface area contributed by atoms with Crippen LogP contribution in [0.2, 0.25) is 5.02 Å². The van der Waals surface area contributed by atoms with E-state index >= 15 is 0 Å². The van der Waals surface area contributed by atoms with Gasteiger partial charge in [-0.3, -0.25) is 14.2 Å². The van der Waals surface area contributed by atoms with E-state index in [0.717, 1.165) is 63.4 Å². The summed E-state index contributed by atoms with van der Waals surface area (Å²) in [5, 5.41) is 27.4. The largest absolute Gasteiger partial charge is 0.467 e. The third-order valence-electron chi connectivity index (χ3n) is 6.12. The summed E-state index contributed by atoms with van der Waals surface area (Å²) in [4.78, 5) is 49.9. The van der Waals surface area contributed by atoms with Crippen molar-refractivity contribution in [3.8, 4) is 5.69 Å². The molecule has 1 aromatic heterocycles. The zero-order chi connectivity index (χ0) is 25.8. The van der Waals surface area contributed by atoms with Crippen molar-refractivity contribution in [3.63, 3.8) is 0 Å². The molecule has 1 aliphatic carbocycles. The highest BCUT2D eigenvalue weighted by Gasteiger charge is 2.33. The number of benzene rings is 1. The summed E-state index contributed by atoms with van der Waals surface area (Å²) in [6.07, 6.45) is 5.61. The van der Waals surface area contributed by atoms with E-state index in [1.807, 2.05) is 0 Å². The summed E-state index contributed by atoms with van der Waals surface area (Å²) in [7, 11) is 1.07. The topological polar surface area (TPSA) is 153 Å². The van der Waals surface area contributed by atoms with Crippen LogP contribution in [-0.4, -0.2) is 55.4 Å². The van der Waals surface area contributed by atoms with Gasteiger partial charge >= 0.3 is 11.7 Å². The van der Waals surface area contributed by atoms with Gasteiger partial charge in [-0.05, 0) is 38.0 Å². The fraction of sp³-hybridized carbons (Fsp3) is 0.522. The smallest absolute Gasteiger partial charge is 0.352 e. The molecule has 12 heteroatoms. The summed E-state index contributed by atoms with van der Waals surface area (Å²) in [5.41, 5.74) is -3.82. The number of esters is 1. The molecule has 2 unspecified atom stereocenters. The van der Waals surface area contributed by atoms with Crippen LogP contribution in [0.3, 0.4) is 0 Å². The second-order valence-corrected chi connectivity index (χ2v) is 9.27. The zero-order valence-electron chi connectivity index (χ0n) is 19.6. The first-order valence-electron chi connectivity index (χ1n) is 11.3. The first kappa shape index (κ1) is 26.6. The second kappa shape index (κ2) is 11.1. The maximum atomic E-state index is 13.0. The zero-order valence-corrected chi connectivity index (χ0v) is 20.3. The molecule has 1 aliphatic rings. The van der Waals surface area contributed by atoms with Crippen molar-refractivity contribution in [2.24, 2.45) is 5.92 Å². The molecule has 1 heterocycles. The molecule has 190 valence electrons. The van der Waals surface area contributed by atoms with E-state index in [0.29, 0.717) is 4.57 Å². The van der Waals surface area contributed by atoms with Gasteiger partial charge in [0.1, 0.15) is 12.4 Å². The first-order chi connectivity index (χ1) is 16.5. The quantitative estimate of drug-likeness (QED) is 0.284. The number of aromatic nitrogens is 3. The number of rotatable bonds is 7. The van der Waals surface area contributed by atoms with Crippen LogP contribution in [-0.2, 0) is 16.1 Å². The molecule has 0 saturated heterocycles. The van der Waals surface area contributed by atoms with Gasteiger partial charge in [0, 0.05) is 5.92 Å². The van der Waals surface area contributed by atoms with Gasteiger partial charge in [-0.25, -0.2) is 9.59 Å². The van der Waals surface area contributed by atoms with Crippen LogP contribution in [0.25, 0.3) is 5.69 Å². The number of ether oxygens (including phenoxy) is 1. The first-order valence-corrected chi connectivity index (χ1v) is 11.7. The van der Waals surface area contributed by atoms with Crippen LogP contribution in [0, 0.1) is 5.92 Å². The molecule has 0 bridgehead atoms. The molecule has 2 aromatic rings. The van der Waals surface area contributed by atoms with Gasteiger partial charge in [0.15, 0.2) is 5.60 Å². The SMILES string of the molecule is COC(=O)C(C)(O)Cn1c(=O)cnn(-c2ccc(Cl)c(C(=O)NC(O)C3CCCCCC3)c2)c1=O. The van der Waals surface area contributed by atoms with E-state index < -0.39 is 41.5 Å². The second-order valence-electron chi connectivity index (χ2n) is 8.86. The van der Waals surface area contributed by atoms with E-state index in [2.05, 4.69) is 15.2 Å². The summed E-state index contributed by atoms with van der Waals surface area (Å²) in [6, 6.07) is 4.11. The third kappa shape index (κ3) is 6.16. The molecular weight excluding hydrogens is 480 g/mol. The Morgan fingerprint density at radius 2 is 1.91 bits per heavy atom. The van der Waals surface area contributed by atoms with Crippen LogP contribution in [0.1, 0.15) is 55.8 Å². The number of nitrogens with one attached hydrogen (secondary N) is 1. The summed E-state index contributed by atoms with van der Waals surface area (Å²) in [6.45, 7) is 0.439. The van der Waals surface area contributed by atoms with Crippen molar-refractivity contribution < 1.29 is 24.5 Å². The van der Waals surface area contributed by atoms with Gasteiger partial charge in [0.2, 0.25) is 0 Å². The van der Waals surface area contributed by atoms with Crippen molar-refractivity contribution in [2.45, 2.75) is 63.8 Å². The van der Waals surface area contributed by atoms with Crippen molar-refractivity contribution in [1.29, 1.82) is 0 Å². The lowest BCUT2D eigenvalue weighted by Gasteiger charge is -2.22. The molecular formula is C23H29ClN4O7. The number of nitrogens with zero attached hydrogens (tertiary/aromatic N) is 3. The van der Waals surface area contributed by atoms with Crippen molar-refractivity contribution in [2.75, 3.05) is 7.11 Å². The Labute approximate surface area is 206 Å². The average molecular weight is 509 g/mol. The highest BCUT2D eigenvalue weighted by atomic mass is 35.5. The number of aliphatic hydroxyl groups excluding tert-OH is 1. The highest BCUT2D eigenvalue weighted by Crippen LogP contribution is 2.25. The van der Waals surface area contributed by atoms with Gasteiger partial charge in [-0.15, -0.1) is 0 Å². The normalized spacial score (nSPS) is 17.2. The van der Waals surface area contributed by atoms with Crippen molar-refractivity contribution in [1.82, 2.24) is 19.7 Å². The fourth-order valence-electron chi connectivity index (χ4n) is 4.13. The van der Waals surface area contributed by atoms with E-state index in [4.69, 9.17) is 11.6 Å². The van der Waals surface area contributed by atoms with E-state index in [-0.39, 0.29) is 22.2 Å². The van der Waals surface area contributed by atoms with Crippen LogP contribution in [0.15, 0.2) is 34.0 Å². The Hall–Kier alpha value is -3.02. The molecule has 2 atom stereocenters. The molecule has 1 aromatic carbocycles. The highest BCUT2D eigenvalue weighted by molar-refractivity contribution is 6.33. The van der Waals surface area contributed by atoms with Gasteiger partial charge in [0.25, 0.3) is 11.5 Å². The van der Waals surface area contributed by atoms with Gasteiger partial charge < -0.3 is 20.3 Å². The predicted octanol–water partition coefficient (Wildman–Crippen LogP) is 0.990. The minimum absolute atomic E-state index is 0.00449. The van der Waals surface area contributed by atoms with Crippen molar-refractivity contribution >= 4 is 23.5 Å². The number of carbonyl (C=O) groups excluding carboxylic acids is 2. The maximum absolute atomic E-state index is 13.0. The molecule has 11 nitrogen and oxygen atoms in total. The number of amides is 1. The number of hydrogen-bond acceptors (Lipinski definition) is 8. The Bertz CT molecular complexity index is 1200. The molecule has 1 amide bonds. The minimum atomic E-state index is -2.14. The Balaban J connectivity index is 1.90. The number of halogens is 1. The van der Waals surface area contributed by atoms with Crippen LogP contribution < -0.4 is 16.6 Å². The summed E-state index contributed by atoms with van der Waals surface area (Å²) < 4.78 is 5.98. The maximum Gasteiger partial charge on any atom is 0.352 e. The molecule has 0 radical (unpaired) electrons. The Morgan fingerprint density at radius 3 is 2.54 bits per heavy atom. The Kier molecular flexibility index (Phi) is 8.47. The van der Waals surface area contributed by atoms with Gasteiger partial charge in [-0.1, -0.05) is 37.3 Å². The summed E-state index contributed by atoms with van der Waals surface area (Å²) >= 11 is 6.22. The molecule has 3 N–H and O–H groups in total. The summed E-state index contributed by atoms with van der Waals surface area (Å²) in [5.74, 6) is -1.70. The monoisotopic (exact) mass is 508 g/mol. The fourth-order valence-corrected chi connectivity index (χ4v) is 4.33. The van der Waals surface area contributed by atoms with Crippen LogP contribution in [0.4, 0.5) is 0 Å². The predicted molar refractivity (Wildman–Crippen MR) is 126 cm³/mol. The number of aliphatic hydroxyl groups is 2. The number of hydrogen-bond donors (Lipinski definition) is 3. The van der Waals surface area contributed by atoms with E-state index in [1.54, 1.807) is 0 Å². The lowest BCUT2D eigenvalue weighted by Crippen LogP contribution is -2.49. The molecule has 1 fully saturated rings. The Morgan fingerprint density at radius 1 is 1.26 bits per heavy atom. The number of methoxy groups -OCH3 is 1. The standard InChI is InChI=1S/C23H29ClN4O7/c1-23(34,21(32)35-2)13-27-18(29)12-25-28(22(27)33)15-9-10-17(24)16(11-15)20(31)26-19(30)14-7-5-3-4-6-8-14/h9-12,14,19,30,34H,3-8,13H2,1-2H3,(H,26,31). The molecule has 0 spiro atoms. The van der Waals surface area contributed by atoms with E-state index in [9.17, 15) is 29.4 Å². The average Bonchev–Trinajstić information content (AvgIpc) is 3.11. The van der Waals surface area contributed by atoms with Crippen molar-refractivity contribution in [3.05, 3.63) is 55.8 Å². The molecule has 3 rings (SSSR count). The van der Waals surface area contributed by atoms with Crippen LogP contribution >= 0.6 is 11.6 Å². The lowest BCUT2D eigenvalue weighted by atomic mass is 9.98. The lowest BCUT2D eigenvalue weighted by molar-refractivity contribution is -0.161.